The van der Waals surface area contributed by atoms with Gasteiger partial charge < -0.3 is 10.1 Å². The molecular formula is C13H9Cl2NO. The fraction of sp³-hybridized carbons (Fsp3) is 0.0769. The van der Waals surface area contributed by atoms with E-state index in [0.29, 0.717) is 10.0 Å². The van der Waals surface area contributed by atoms with Gasteiger partial charge in [0.1, 0.15) is 5.75 Å². The van der Waals surface area contributed by atoms with Crippen LogP contribution in [-0.2, 0) is 0 Å². The van der Waals surface area contributed by atoms with Crippen LogP contribution in [0.3, 0.4) is 0 Å². The van der Waals surface area contributed by atoms with Gasteiger partial charge in [-0.05, 0) is 24.3 Å². The van der Waals surface area contributed by atoms with Crippen LogP contribution in [0.15, 0.2) is 42.5 Å². The van der Waals surface area contributed by atoms with E-state index < -0.39 is 0 Å². The third-order valence-electron chi connectivity index (χ3n) is 2.66. The molecule has 0 aliphatic carbocycles. The fourth-order valence-electron chi connectivity index (χ4n) is 1.81. The van der Waals surface area contributed by atoms with Crippen molar-refractivity contribution in [3.8, 4) is 5.75 Å². The molecule has 0 saturated heterocycles. The third kappa shape index (κ3) is 1.94. The van der Waals surface area contributed by atoms with Crippen molar-refractivity contribution in [1.29, 1.82) is 0 Å². The van der Waals surface area contributed by atoms with Gasteiger partial charge in [0.2, 0.25) is 0 Å². The van der Waals surface area contributed by atoms with Gasteiger partial charge in [0.15, 0.2) is 6.23 Å². The number of hydrogen-bond donors (Lipinski definition) is 1. The van der Waals surface area contributed by atoms with Crippen LogP contribution in [0, 0.1) is 0 Å². The quantitative estimate of drug-likeness (QED) is 0.820. The summed E-state index contributed by atoms with van der Waals surface area (Å²) in [5.74, 6) is 0.851. The van der Waals surface area contributed by atoms with Gasteiger partial charge in [-0.25, -0.2) is 0 Å². The molecule has 3 rings (SSSR count). The predicted molar refractivity (Wildman–Crippen MR) is 69.9 cm³/mol. The molecular weight excluding hydrogens is 257 g/mol. The Morgan fingerprint density at radius 1 is 1.00 bits per heavy atom. The molecule has 0 spiro atoms. The first-order valence-electron chi connectivity index (χ1n) is 5.21. The Morgan fingerprint density at radius 2 is 1.82 bits per heavy atom. The molecule has 0 aromatic heterocycles. The summed E-state index contributed by atoms with van der Waals surface area (Å²) in [6, 6.07) is 13.3. The third-order valence-corrected chi connectivity index (χ3v) is 3.40. The van der Waals surface area contributed by atoms with E-state index in [4.69, 9.17) is 27.9 Å². The molecule has 1 N–H and O–H groups in total. The van der Waals surface area contributed by atoms with Crippen molar-refractivity contribution in [1.82, 2.24) is 0 Å². The van der Waals surface area contributed by atoms with Crippen molar-refractivity contribution in [2.75, 3.05) is 5.32 Å². The minimum atomic E-state index is -0.206. The highest BCUT2D eigenvalue weighted by Gasteiger charge is 2.23. The maximum Gasteiger partial charge on any atom is 0.196 e. The zero-order valence-corrected chi connectivity index (χ0v) is 10.3. The highest BCUT2D eigenvalue weighted by Crippen LogP contribution is 2.38. The summed E-state index contributed by atoms with van der Waals surface area (Å²) in [6.07, 6.45) is -0.206. The van der Waals surface area contributed by atoms with Crippen molar-refractivity contribution in [2.45, 2.75) is 6.23 Å². The van der Waals surface area contributed by atoms with Gasteiger partial charge in [0.25, 0.3) is 0 Å². The molecule has 0 unspecified atom stereocenters. The Kier molecular flexibility index (Phi) is 2.61. The second-order valence-corrected chi connectivity index (χ2v) is 4.63. The van der Waals surface area contributed by atoms with Crippen LogP contribution in [0.25, 0.3) is 0 Å². The van der Waals surface area contributed by atoms with Gasteiger partial charge in [-0.1, -0.05) is 41.4 Å². The van der Waals surface area contributed by atoms with E-state index in [-0.39, 0.29) is 6.23 Å². The molecule has 1 heterocycles. The molecule has 86 valence electrons. The number of halogens is 2. The van der Waals surface area contributed by atoms with Gasteiger partial charge in [-0.15, -0.1) is 0 Å². The summed E-state index contributed by atoms with van der Waals surface area (Å²) in [5.41, 5.74) is 1.94. The molecule has 1 atom stereocenters. The van der Waals surface area contributed by atoms with Crippen LogP contribution in [0.2, 0.25) is 10.0 Å². The Balaban J connectivity index is 1.91. The summed E-state index contributed by atoms with van der Waals surface area (Å²) < 4.78 is 5.77. The van der Waals surface area contributed by atoms with Crippen molar-refractivity contribution in [2.24, 2.45) is 0 Å². The zero-order valence-electron chi connectivity index (χ0n) is 8.78. The second-order valence-electron chi connectivity index (χ2n) is 3.81. The smallest absolute Gasteiger partial charge is 0.196 e. The largest absolute Gasteiger partial charge is 0.464 e. The van der Waals surface area contributed by atoms with E-state index in [0.717, 1.165) is 17.0 Å². The first-order valence-corrected chi connectivity index (χ1v) is 5.97. The van der Waals surface area contributed by atoms with Crippen LogP contribution >= 0.6 is 23.2 Å². The molecule has 1 aliphatic heterocycles. The molecule has 1 aliphatic rings. The minimum Gasteiger partial charge on any atom is -0.464 e. The standard InChI is InChI=1S/C13H9Cl2NO/c14-9-6-5-8(7-10(9)15)13-16-11-3-1-2-4-12(11)17-13/h1-7,13,16H/t13-/m0/s1. The minimum absolute atomic E-state index is 0.206. The first kappa shape index (κ1) is 10.8. The van der Waals surface area contributed by atoms with Gasteiger partial charge in [0.05, 0.1) is 15.7 Å². The number of nitrogens with one attached hydrogen (secondary N) is 1. The summed E-state index contributed by atoms with van der Waals surface area (Å²) >= 11 is 11.9. The molecule has 0 fully saturated rings. The number of hydrogen-bond acceptors (Lipinski definition) is 2. The molecule has 2 aromatic carbocycles. The lowest BCUT2D eigenvalue weighted by molar-refractivity contribution is 0.260. The Morgan fingerprint density at radius 3 is 2.59 bits per heavy atom. The molecule has 2 nitrogen and oxygen atoms in total. The predicted octanol–water partition coefficient (Wildman–Crippen LogP) is 4.50. The summed E-state index contributed by atoms with van der Waals surface area (Å²) in [5, 5.41) is 4.35. The maximum atomic E-state index is 5.99. The van der Waals surface area contributed by atoms with Crippen molar-refractivity contribution in [3.63, 3.8) is 0 Å². The molecule has 2 aromatic rings. The molecule has 0 amide bonds. The van der Waals surface area contributed by atoms with E-state index in [1.165, 1.54) is 0 Å². The van der Waals surface area contributed by atoms with E-state index in [2.05, 4.69) is 5.32 Å². The maximum absolute atomic E-state index is 5.99. The monoisotopic (exact) mass is 265 g/mol. The summed E-state index contributed by atoms with van der Waals surface area (Å²) in [6.45, 7) is 0. The lowest BCUT2D eigenvalue weighted by atomic mass is 10.2. The van der Waals surface area contributed by atoms with E-state index in [1.807, 2.05) is 36.4 Å². The first-order chi connectivity index (χ1) is 8.24. The fourth-order valence-corrected chi connectivity index (χ4v) is 2.12. The summed E-state index contributed by atoms with van der Waals surface area (Å²) in [7, 11) is 0. The lowest BCUT2D eigenvalue weighted by Gasteiger charge is -2.12. The Hall–Kier alpha value is -1.38. The van der Waals surface area contributed by atoms with Gasteiger partial charge >= 0.3 is 0 Å². The van der Waals surface area contributed by atoms with Crippen LogP contribution in [0.1, 0.15) is 11.8 Å². The highest BCUT2D eigenvalue weighted by atomic mass is 35.5. The average Bonchev–Trinajstić information content (AvgIpc) is 2.76. The normalized spacial score (nSPS) is 17.2. The molecule has 17 heavy (non-hydrogen) atoms. The number of rotatable bonds is 1. The van der Waals surface area contributed by atoms with E-state index >= 15 is 0 Å². The highest BCUT2D eigenvalue weighted by molar-refractivity contribution is 6.42. The number of fused-ring (bicyclic) bond motifs is 1. The molecule has 0 saturated carbocycles. The van der Waals surface area contributed by atoms with Crippen LogP contribution in [0.4, 0.5) is 5.69 Å². The molecule has 0 radical (unpaired) electrons. The average molecular weight is 266 g/mol. The van der Waals surface area contributed by atoms with Gasteiger partial charge in [0, 0.05) is 5.56 Å². The van der Waals surface area contributed by atoms with Crippen molar-refractivity contribution >= 4 is 28.9 Å². The van der Waals surface area contributed by atoms with Crippen LogP contribution in [0.5, 0.6) is 5.75 Å². The number of anilines is 1. The van der Waals surface area contributed by atoms with E-state index in [9.17, 15) is 0 Å². The van der Waals surface area contributed by atoms with Crippen molar-refractivity contribution in [3.05, 3.63) is 58.1 Å². The number of benzene rings is 2. The Bertz CT molecular complexity index is 546. The molecule has 4 heteroatoms. The van der Waals surface area contributed by atoms with Gasteiger partial charge in [-0.2, -0.15) is 0 Å². The molecule has 0 bridgehead atoms. The SMILES string of the molecule is Clc1ccc([C@H]2Nc3ccccc3O2)cc1Cl. The second kappa shape index (κ2) is 4.13. The topological polar surface area (TPSA) is 21.3 Å². The van der Waals surface area contributed by atoms with Crippen LogP contribution in [-0.4, -0.2) is 0 Å². The Labute approximate surface area is 109 Å². The zero-order chi connectivity index (χ0) is 11.8. The lowest BCUT2D eigenvalue weighted by Crippen LogP contribution is -2.09. The van der Waals surface area contributed by atoms with E-state index in [1.54, 1.807) is 6.07 Å². The number of ether oxygens (including phenoxy) is 1. The van der Waals surface area contributed by atoms with Crippen LogP contribution < -0.4 is 10.1 Å². The van der Waals surface area contributed by atoms with Crippen molar-refractivity contribution < 1.29 is 4.74 Å². The van der Waals surface area contributed by atoms with Gasteiger partial charge in [-0.3, -0.25) is 0 Å². The number of para-hydroxylation sites is 2. The summed E-state index contributed by atoms with van der Waals surface area (Å²) in [4.78, 5) is 0.